The number of benzene rings is 2. The van der Waals surface area contributed by atoms with E-state index in [9.17, 15) is 13.6 Å². The molecule has 0 spiro atoms. The van der Waals surface area contributed by atoms with E-state index in [1.54, 1.807) is 12.1 Å². The van der Waals surface area contributed by atoms with Crippen LogP contribution in [0.25, 0.3) is 0 Å². The van der Waals surface area contributed by atoms with Crippen LogP contribution in [0.1, 0.15) is 30.4 Å². The second kappa shape index (κ2) is 11.2. The molecular formula is C22H25F2NO3S. The van der Waals surface area contributed by atoms with Crippen LogP contribution in [-0.2, 0) is 21.7 Å². The van der Waals surface area contributed by atoms with Crippen molar-refractivity contribution < 1.29 is 23.0 Å². The number of amides is 1. The van der Waals surface area contributed by atoms with Gasteiger partial charge in [0.05, 0.1) is 0 Å². The van der Waals surface area contributed by atoms with Crippen LogP contribution in [0.5, 0.6) is 5.75 Å². The molecule has 0 bridgehead atoms. The van der Waals surface area contributed by atoms with Crippen LogP contribution in [0.3, 0.4) is 0 Å². The van der Waals surface area contributed by atoms with Crippen LogP contribution in [0.2, 0.25) is 0 Å². The number of nitrogens with one attached hydrogen (secondary N) is 1. The first-order valence-electron chi connectivity index (χ1n) is 9.70. The Morgan fingerprint density at radius 2 is 1.90 bits per heavy atom. The molecule has 1 heterocycles. The molecule has 7 heteroatoms. The predicted molar refractivity (Wildman–Crippen MR) is 112 cm³/mol. The fourth-order valence-corrected chi connectivity index (χ4v) is 4.25. The van der Waals surface area contributed by atoms with Gasteiger partial charge in [0.25, 0.3) is 0 Å². The second-order valence-corrected chi connectivity index (χ2v) is 8.18. The van der Waals surface area contributed by atoms with Gasteiger partial charge in [-0.15, -0.1) is 0 Å². The number of hydrogen-bond donors (Lipinski definition) is 1. The van der Waals surface area contributed by atoms with Crippen molar-refractivity contribution >= 4 is 23.4 Å². The third-order valence-corrected chi connectivity index (χ3v) is 6.10. The summed E-state index contributed by atoms with van der Waals surface area (Å²) in [6.07, 6.45) is 3.03. The number of rotatable bonds is 9. The van der Waals surface area contributed by atoms with E-state index in [1.807, 2.05) is 30.0 Å². The maximum absolute atomic E-state index is 12.3. The van der Waals surface area contributed by atoms with Gasteiger partial charge in [0.1, 0.15) is 5.75 Å². The molecule has 0 aliphatic carbocycles. The number of thioether (sulfide) groups is 1. The zero-order valence-corrected chi connectivity index (χ0v) is 16.9. The quantitative estimate of drug-likeness (QED) is 0.599. The van der Waals surface area contributed by atoms with Gasteiger partial charge in [0.15, 0.2) is 0 Å². The first kappa shape index (κ1) is 21.6. The molecule has 0 unspecified atom stereocenters. The number of halogens is 2. The van der Waals surface area contributed by atoms with Crippen molar-refractivity contribution in [2.75, 3.05) is 18.5 Å². The zero-order chi connectivity index (χ0) is 20.5. The minimum absolute atomic E-state index is 0.0767. The number of ether oxygens (including phenoxy) is 2. The minimum Gasteiger partial charge on any atom is -0.435 e. The average Bonchev–Trinajstić information content (AvgIpc) is 2.72. The Balaban J connectivity index is 1.44. The molecule has 2 aromatic carbocycles. The lowest BCUT2D eigenvalue weighted by Gasteiger charge is -2.21. The summed E-state index contributed by atoms with van der Waals surface area (Å²) in [7, 11) is 0. The molecule has 1 aliphatic rings. The molecule has 29 heavy (non-hydrogen) atoms. The molecule has 0 aromatic heterocycles. The van der Waals surface area contributed by atoms with Crippen LogP contribution in [-0.4, -0.2) is 31.0 Å². The van der Waals surface area contributed by atoms with Crippen molar-refractivity contribution in [1.29, 1.82) is 0 Å². The van der Waals surface area contributed by atoms with Gasteiger partial charge < -0.3 is 14.8 Å². The van der Waals surface area contributed by atoms with Gasteiger partial charge in [-0.2, -0.15) is 20.5 Å². The molecule has 1 amide bonds. The number of anilines is 1. The third-order valence-electron chi connectivity index (χ3n) is 4.65. The number of alkyl halides is 2. The van der Waals surface area contributed by atoms with Crippen LogP contribution in [0.15, 0.2) is 48.5 Å². The molecule has 4 nitrogen and oxygen atoms in total. The van der Waals surface area contributed by atoms with Crippen molar-refractivity contribution in [3.05, 3.63) is 59.7 Å². The lowest BCUT2D eigenvalue weighted by atomic mass is 10.1. The molecule has 1 aliphatic heterocycles. The fourth-order valence-electron chi connectivity index (χ4n) is 3.11. The van der Waals surface area contributed by atoms with Crippen LogP contribution >= 0.6 is 11.8 Å². The molecular weight excluding hydrogens is 396 g/mol. The Bertz CT molecular complexity index is 780. The molecule has 1 saturated heterocycles. The summed E-state index contributed by atoms with van der Waals surface area (Å²) < 4.78 is 34.1. The largest absolute Gasteiger partial charge is 0.435 e. The van der Waals surface area contributed by atoms with Gasteiger partial charge in [0, 0.05) is 36.3 Å². The van der Waals surface area contributed by atoms with E-state index in [4.69, 9.17) is 4.74 Å². The van der Waals surface area contributed by atoms with Gasteiger partial charge in [-0.3, -0.25) is 4.79 Å². The SMILES string of the molecule is O=C(CCc1ccc(OC(F)F)cc1)Nc1cccc(CSC2CCOCC2)c1. The van der Waals surface area contributed by atoms with E-state index in [0.717, 1.165) is 43.1 Å². The van der Waals surface area contributed by atoms with E-state index < -0.39 is 6.61 Å². The molecule has 156 valence electrons. The van der Waals surface area contributed by atoms with Crippen LogP contribution < -0.4 is 10.1 Å². The molecule has 0 radical (unpaired) electrons. The highest BCUT2D eigenvalue weighted by Gasteiger charge is 2.14. The Hall–Kier alpha value is -2.12. The topological polar surface area (TPSA) is 47.6 Å². The van der Waals surface area contributed by atoms with E-state index in [-0.39, 0.29) is 11.7 Å². The van der Waals surface area contributed by atoms with Crippen molar-refractivity contribution in [1.82, 2.24) is 0 Å². The number of aryl methyl sites for hydroxylation is 1. The summed E-state index contributed by atoms with van der Waals surface area (Å²) in [6.45, 7) is -1.15. The number of carbonyl (C=O) groups excluding carboxylic acids is 1. The summed E-state index contributed by atoms with van der Waals surface area (Å²) in [5.41, 5.74) is 2.87. The normalized spacial score (nSPS) is 14.7. The van der Waals surface area contributed by atoms with Crippen molar-refractivity contribution in [2.45, 2.75) is 43.3 Å². The van der Waals surface area contributed by atoms with E-state index in [1.165, 1.54) is 17.7 Å². The average molecular weight is 422 g/mol. The third kappa shape index (κ3) is 7.66. The minimum atomic E-state index is -2.84. The van der Waals surface area contributed by atoms with Crippen molar-refractivity contribution in [2.24, 2.45) is 0 Å². The van der Waals surface area contributed by atoms with Crippen molar-refractivity contribution in [3.63, 3.8) is 0 Å². The van der Waals surface area contributed by atoms with E-state index >= 15 is 0 Å². The Morgan fingerprint density at radius 3 is 2.62 bits per heavy atom. The van der Waals surface area contributed by atoms with Gasteiger partial charge in [-0.05, 0) is 54.7 Å². The number of carbonyl (C=O) groups is 1. The monoisotopic (exact) mass is 421 g/mol. The zero-order valence-electron chi connectivity index (χ0n) is 16.1. The van der Waals surface area contributed by atoms with Crippen LogP contribution in [0, 0.1) is 0 Å². The smallest absolute Gasteiger partial charge is 0.387 e. The van der Waals surface area contributed by atoms with Gasteiger partial charge in [-0.1, -0.05) is 24.3 Å². The lowest BCUT2D eigenvalue weighted by Crippen LogP contribution is -2.17. The maximum atomic E-state index is 12.3. The molecule has 3 rings (SSSR count). The summed E-state index contributed by atoms with van der Waals surface area (Å²) in [6, 6.07) is 14.3. The number of hydrogen-bond acceptors (Lipinski definition) is 4. The predicted octanol–water partition coefficient (Wildman–Crippen LogP) is 5.27. The first-order chi connectivity index (χ1) is 14.1. The molecule has 2 aromatic rings. The Labute approximate surface area is 174 Å². The van der Waals surface area contributed by atoms with Gasteiger partial charge in [-0.25, -0.2) is 0 Å². The molecule has 0 atom stereocenters. The summed E-state index contributed by atoms with van der Waals surface area (Å²) in [5, 5.41) is 3.57. The van der Waals surface area contributed by atoms with Crippen molar-refractivity contribution in [3.8, 4) is 5.75 Å². The molecule has 1 fully saturated rings. The highest BCUT2D eigenvalue weighted by Crippen LogP contribution is 2.26. The Morgan fingerprint density at radius 1 is 1.14 bits per heavy atom. The summed E-state index contributed by atoms with van der Waals surface area (Å²) in [4.78, 5) is 12.3. The van der Waals surface area contributed by atoms with E-state index in [0.29, 0.717) is 18.1 Å². The Kier molecular flexibility index (Phi) is 8.31. The lowest BCUT2D eigenvalue weighted by molar-refractivity contribution is -0.116. The highest BCUT2D eigenvalue weighted by atomic mass is 32.2. The maximum Gasteiger partial charge on any atom is 0.387 e. The van der Waals surface area contributed by atoms with E-state index in [2.05, 4.69) is 16.1 Å². The molecule has 0 saturated carbocycles. The van der Waals surface area contributed by atoms with Gasteiger partial charge >= 0.3 is 6.61 Å². The standard InChI is InChI=1S/C22H25F2NO3S/c23-22(24)28-19-7-4-16(5-8-19)6-9-21(26)25-18-3-1-2-17(14-18)15-29-20-10-12-27-13-11-20/h1-5,7-8,14,20,22H,6,9-13,15H2,(H,25,26). The summed E-state index contributed by atoms with van der Waals surface area (Å²) in [5.74, 6) is 0.956. The highest BCUT2D eigenvalue weighted by molar-refractivity contribution is 7.99. The van der Waals surface area contributed by atoms with Gasteiger partial charge in [0.2, 0.25) is 5.91 Å². The first-order valence-corrected chi connectivity index (χ1v) is 10.8. The second-order valence-electron chi connectivity index (χ2n) is 6.89. The fraction of sp³-hybridized carbons (Fsp3) is 0.409. The molecule has 1 N–H and O–H groups in total. The summed E-state index contributed by atoms with van der Waals surface area (Å²) >= 11 is 1.94. The van der Waals surface area contributed by atoms with Crippen LogP contribution in [0.4, 0.5) is 14.5 Å².